The van der Waals surface area contributed by atoms with E-state index < -0.39 is 0 Å². The van der Waals surface area contributed by atoms with Gasteiger partial charge in [-0.15, -0.1) is 0 Å². The van der Waals surface area contributed by atoms with Crippen molar-refractivity contribution in [1.82, 2.24) is 14.8 Å². The van der Waals surface area contributed by atoms with Crippen LogP contribution in [0.1, 0.15) is 17.4 Å². The number of carbonyl (C=O) groups is 1. The zero-order chi connectivity index (χ0) is 13.1. The first-order valence-electron chi connectivity index (χ1n) is 5.35. The number of carbonyl (C=O) groups excluding carboxylic acids is 1. The SMILES string of the molecule is CCn1ncc(N)c1C(=O)Nc1ccncc1Br. The number of anilines is 2. The molecule has 18 heavy (non-hydrogen) atoms. The van der Waals surface area contributed by atoms with E-state index in [9.17, 15) is 4.79 Å². The number of nitrogens with zero attached hydrogens (tertiary/aromatic N) is 3. The minimum Gasteiger partial charge on any atom is -0.396 e. The Bertz CT molecular complexity index is 581. The van der Waals surface area contributed by atoms with Crippen LogP contribution < -0.4 is 11.1 Å². The standard InChI is InChI=1S/C11H12BrN5O/c1-2-17-10(8(13)6-15-17)11(18)16-9-3-4-14-5-7(9)12/h3-6H,2,13H2,1H3,(H,14,16,18). The van der Waals surface area contributed by atoms with Gasteiger partial charge >= 0.3 is 0 Å². The number of halogens is 1. The Balaban J connectivity index is 2.28. The summed E-state index contributed by atoms with van der Waals surface area (Å²) in [6.45, 7) is 2.48. The third kappa shape index (κ3) is 2.35. The summed E-state index contributed by atoms with van der Waals surface area (Å²) in [6, 6.07) is 1.70. The van der Waals surface area contributed by atoms with E-state index in [0.717, 1.165) is 0 Å². The van der Waals surface area contributed by atoms with Gasteiger partial charge in [0.05, 0.1) is 22.0 Å². The number of pyridine rings is 1. The predicted octanol–water partition coefficient (Wildman–Crippen LogP) is 1.90. The minimum absolute atomic E-state index is 0.293. The summed E-state index contributed by atoms with van der Waals surface area (Å²) in [6.07, 6.45) is 4.68. The van der Waals surface area contributed by atoms with Gasteiger partial charge in [-0.25, -0.2) is 0 Å². The van der Waals surface area contributed by atoms with Crippen molar-refractivity contribution in [3.63, 3.8) is 0 Å². The first-order valence-corrected chi connectivity index (χ1v) is 6.15. The van der Waals surface area contributed by atoms with Crippen LogP contribution in [-0.4, -0.2) is 20.7 Å². The summed E-state index contributed by atoms with van der Waals surface area (Å²) in [4.78, 5) is 16.1. The molecule has 2 rings (SSSR count). The minimum atomic E-state index is -0.293. The Morgan fingerprint density at radius 2 is 2.33 bits per heavy atom. The summed E-state index contributed by atoms with van der Waals surface area (Å²) < 4.78 is 2.26. The van der Waals surface area contributed by atoms with Crippen LogP contribution in [0.4, 0.5) is 11.4 Å². The maximum absolute atomic E-state index is 12.1. The molecule has 2 heterocycles. The lowest BCUT2D eigenvalue weighted by Gasteiger charge is -2.08. The molecule has 94 valence electrons. The summed E-state index contributed by atoms with van der Waals surface area (Å²) in [7, 11) is 0. The molecule has 0 bridgehead atoms. The highest BCUT2D eigenvalue weighted by Crippen LogP contribution is 2.21. The van der Waals surface area contributed by atoms with E-state index in [4.69, 9.17) is 5.73 Å². The van der Waals surface area contributed by atoms with Crippen LogP contribution in [0.15, 0.2) is 29.1 Å². The van der Waals surface area contributed by atoms with E-state index in [-0.39, 0.29) is 5.91 Å². The maximum Gasteiger partial charge on any atom is 0.276 e. The van der Waals surface area contributed by atoms with Gasteiger partial charge in [0.25, 0.3) is 5.91 Å². The van der Waals surface area contributed by atoms with Gasteiger partial charge in [-0.3, -0.25) is 14.5 Å². The normalized spacial score (nSPS) is 10.3. The van der Waals surface area contributed by atoms with Crippen molar-refractivity contribution in [3.05, 3.63) is 34.8 Å². The number of hydrogen-bond acceptors (Lipinski definition) is 4. The molecular weight excluding hydrogens is 298 g/mol. The molecule has 7 heteroatoms. The quantitative estimate of drug-likeness (QED) is 0.906. The molecule has 0 aliphatic rings. The average Bonchev–Trinajstić information content (AvgIpc) is 2.73. The Kier molecular flexibility index (Phi) is 3.61. The van der Waals surface area contributed by atoms with Crippen molar-refractivity contribution in [1.29, 1.82) is 0 Å². The van der Waals surface area contributed by atoms with Crippen LogP contribution in [0.2, 0.25) is 0 Å². The van der Waals surface area contributed by atoms with Crippen LogP contribution >= 0.6 is 15.9 Å². The van der Waals surface area contributed by atoms with E-state index >= 15 is 0 Å². The lowest BCUT2D eigenvalue weighted by molar-refractivity contribution is 0.101. The lowest BCUT2D eigenvalue weighted by Crippen LogP contribution is -2.19. The smallest absolute Gasteiger partial charge is 0.276 e. The Labute approximate surface area is 112 Å². The molecule has 2 aromatic heterocycles. The van der Waals surface area contributed by atoms with E-state index in [2.05, 4.69) is 31.3 Å². The molecule has 0 aromatic carbocycles. The summed E-state index contributed by atoms with van der Waals surface area (Å²) in [5.41, 5.74) is 7.10. The van der Waals surface area contributed by atoms with Gasteiger partial charge < -0.3 is 11.1 Å². The number of rotatable bonds is 3. The largest absolute Gasteiger partial charge is 0.396 e. The zero-order valence-corrected chi connectivity index (χ0v) is 11.3. The summed E-state index contributed by atoms with van der Waals surface area (Å²) in [5.74, 6) is -0.293. The molecule has 0 atom stereocenters. The molecule has 2 aromatic rings. The molecule has 0 aliphatic carbocycles. The Hall–Kier alpha value is -1.89. The van der Waals surface area contributed by atoms with Crippen LogP contribution in [0, 0.1) is 0 Å². The van der Waals surface area contributed by atoms with Crippen LogP contribution in [0.5, 0.6) is 0 Å². The summed E-state index contributed by atoms with van der Waals surface area (Å²) >= 11 is 3.31. The zero-order valence-electron chi connectivity index (χ0n) is 9.72. The number of nitrogens with two attached hydrogens (primary N) is 1. The number of amides is 1. The number of nitrogens with one attached hydrogen (secondary N) is 1. The molecule has 0 saturated heterocycles. The van der Waals surface area contributed by atoms with Gasteiger partial charge in [-0.2, -0.15) is 5.10 Å². The second-order valence-corrected chi connectivity index (χ2v) is 4.43. The maximum atomic E-state index is 12.1. The monoisotopic (exact) mass is 309 g/mol. The van der Waals surface area contributed by atoms with Gasteiger partial charge in [0, 0.05) is 18.9 Å². The van der Waals surface area contributed by atoms with Crippen molar-refractivity contribution < 1.29 is 4.79 Å². The van der Waals surface area contributed by atoms with Crippen LogP contribution in [-0.2, 0) is 6.54 Å². The number of aryl methyl sites for hydroxylation is 1. The second-order valence-electron chi connectivity index (χ2n) is 3.57. The molecule has 3 N–H and O–H groups in total. The fourth-order valence-electron chi connectivity index (χ4n) is 1.55. The van der Waals surface area contributed by atoms with Crippen molar-refractivity contribution in [2.75, 3.05) is 11.1 Å². The molecular formula is C11H12BrN5O. The third-order valence-electron chi connectivity index (χ3n) is 2.40. The van der Waals surface area contributed by atoms with Crippen molar-refractivity contribution in [2.45, 2.75) is 13.5 Å². The van der Waals surface area contributed by atoms with Crippen molar-refractivity contribution in [3.8, 4) is 0 Å². The van der Waals surface area contributed by atoms with Gasteiger partial charge in [0.1, 0.15) is 5.69 Å². The third-order valence-corrected chi connectivity index (χ3v) is 3.03. The van der Waals surface area contributed by atoms with Crippen molar-refractivity contribution >= 4 is 33.2 Å². The Morgan fingerprint density at radius 3 is 3.00 bits per heavy atom. The molecule has 0 unspecified atom stereocenters. The lowest BCUT2D eigenvalue weighted by atomic mass is 10.3. The fraction of sp³-hybridized carbons (Fsp3) is 0.182. The molecule has 0 radical (unpaired) electrons. The highest BCUT2D eigenvalue weighted by Gasteiger charge is 2.16. The van der Waals surface area contributed by atoms with E-state index in [1.54, 1.807) is 23.1 Å². The van der Waals surface area contributed by atoms with Gasteiger partial charge in [0.15, 0.2) is 0 Å². The summed E-state index contributed by atoms with van der Waals surface area (Å²) in [5, 5.41) is 6.79. The molecule has 1 amide bonds. The highest BCUT2D eigenvalue weighted by molar-refractivity contribution is 9.10. The van der Waals surface area contributed by atoms with Gasteiger partial charge in [-0.05, 0) is 28.9 Å². The highest BCUT2D eigenvalue weighted by atomic mass is 79.9. The van der Waals surface area contributed by atoms with E-state index in [0.29, 0.717) is 28.1 Å². The van der Waals surface area contributed by atoms with Gasteiger partial charge in [0.2, 0.25) is 0 Å². The topological polar surface area (TPSA) is 85.8 Å². The molecule has 6 nitrogen and oxygen atoms in total. The molecule has 0 aliphatic heterocycles. The molecule has 0 saturated carbocycles. The second kappa shape index (κ2) is 5.18. The van der Waals surface area contributed by atoms with Gasteiger partial charge in [-0.1, -0.05) is 0 Å². The average molecular weight is 310 g/mol. The van der Waals surface area contributed by atoms with E-state index in [1.165, 1.54) is 6.20 Å². The number of aromatic nitrogens is 3. The Morgan fingerprint density at radius 1 is 1.56 bits per heavy atom. The first kappa shape index (κ1) is 12.6. The van der Waals surface area contributed by atoms with Crippen LogP contribution in [0.3, 0.4) is 0 Å². The number of hydrogen-bond donors (Lipinski definition) is 2. The molecule has 0 fully saturated rings. The predicted molar refractivity (Wildman–Crippen MR) is 72.2 cm³/mol. The molecule has 0 spiro atoms. The number of nitrogen functional groups attached to an aromatic ring is 1. The van der Waals surface area contributed by atoms with Crippen molar-refractivity contribution in [2.24, 2.45) is 0 Å². The fourth-order valence-corrected chi connectivity index (χ4v) is 1.90. The van der Waals surface area contributed by atoms with Crippen LogP contribution in [0.25, 0.3) is 0 Å². The first-order chi connectivity index (χ1) is 8.63. The van der Waals surface area contributed by atoms with E-state index in [1.807, 2.05) is 6.92 Å².